The average molecular weight is 341 g/mol. The first-order valence-electron chi connectivity index (χ1n) is 5.69. The molecule has 0 aliphatic carbocycles. The highest BCUT2D eigenvalue weighted by molar-refractivity contribution is 14.1. The van der Waals surface area contributed by atoms with E-state index in [1.807, 2.05) is 23.0 Å². The zero-order valence-corrected chi connectivity index (χ0v) is 12.2. The van der Waals surface area contributed by atoms with Crippen LogP contribution in [-0.2, 0) is 6.54 Å². The number of rotatable bonds is 4. The Balaban J connectivity index is 2.16. The van der Waals surface area contributed by atoms with Gasteiger partial charge in [0, 0.05) is 22.4 Å². The fourth-order valence-corrected chi connectivity index (χ4v) is 2.17. The second-order valence-electron chi connectivity index (χ2n) is 4.24. The summed E-state index contributed by atoms with van der Waals surface area (Å²) in [5, 5.41) is 7.93. The van der Waals surface area contributed by atoms with E-state index in [0.29, 0.717) is 6.04 Å². The van der Waals surface area contributed by atoms with E-state index in [9.17, 15) is 0 Å². The maximum Gasteiger partial charge on any atom is 0.0779 e. The molecule has 0 amide bonds. The third-order valence-electron chi connectivity index (χ3n) is 2.44. The van der Waals surface area contributed by atoms with Gasteiger partial charge in [-0.05, 0) is 40.8 Å². The van der Waals surface area contributed by atoms with Crippen molar-refractivity contribution in [2.24, 2.45) is 0 Å². The fourth-order valence-electron chi connectivity index (χ4n) is 1.54. The lowest BCUT2D eigenvalue weighted by Crippen LogP contribution is -2.22. The van der Waals surface area contributed by atoms with E-state index >= 15 is 0 Å². The normalized spacial score (nSPS) is 11.1. The first-order valence-corrected chi connectivity index (χ1v) is 6.77. The molecule has 0 aliphatic rings. The van der Waals surface area contributed by atoms with Gasteiger partial charge in [0.05, 0.1) is 11.4 Å². The Hall–Kier alpha value is -0.880. The lowest BCUT2D eigenvalue weighted by Gasteiger charge is -2.06. The molecule has 1 N–H and O–H groups in total. The van der Waals surface area contributed by atoms with E-state index < -0.39 is 0 Å². The van der Waals surface area contributed by atoms with E-state index in [2.05, 4.69) is 65.1 Å². The molecular formula is C13H16IN3. The minimum Gasteiger partial charge on any atom is -0.309 e. The summed E-state index contributed by atoms with van der Waals surface area (Å²) in [6.45, 7) is 5.09. The van der Waals surface area contributed by atoms with Crippen LogP contribution in [0, 0.1) is 3.57 Å². The summed E-state index contributed by atoms with van der Waals surface area (Å²) in [4.78, 5) is 0. The Morgan fingerprint density at radius 3 is 2.76 bits per heavy atom. The monoisotopic (exact) mass is 341 g/mol. The molecule has 0 radical (unpaired) electrons. The van der Waals surface area contributed by atoms with Crippen LogP contribution in [0.3, 0.4) is 0 Å². The molecule has 0 aliphatic heterocycles. The van der Waals surface area contributed by atoms with Gasteiger partial charge in [-0.15, -0.1) is 0 Å². The Morgan fingerprint density at radius 1 is 1.29 bits per heavy atom. The molecule has 2 aromatic rings. The number of aromatic nitrogens is 2. The predicted molar refractivity (Wildman–Crippen MR) is 78.3 cm³/mol. The van der Waals surface area contributed by atoms with Crippen molar-refractivity contribution in [3.05, 3.63) is 45.8 Å². The third-order valence-corrected chi connectivity index (χ3v) is 3.35. The number of benzene rings is 1. The number of nitrogens with zero attached hydrogens (tertiary/aromatic N) is 2. The first kappa shape index (κ1) is 12.6. The third kappa shape index (κ3) is 3.29. The molecule has 1 aromatic heterocycles. The van der Waals surface area contributed by atoms with Crippen LogP contribution in [0.25, 0.3) is 5.69 Å². The summed E-state index contributed by atoms with van der Waals surface area (Å²) in [6, 6.07) is 10.8. The lowest BCUT2D eigenvalue weighted by atomic mass is 10.3. The maximum absolute atomic E-state index is 4.56. The van der Waals surface area contributed by atoms with Crippen molar-refractivity contribution in [1.29, 1.82) is 0 Å². The zero-order valence-electron chi connectivity index (χ0n) is 10.0. The van der Waals surface area contributed by atoms with Crippen molar-refractivity contribution in [3.63, 3.8) is 0 Å². The van der Waals surface area contributed by atoms with Gasteiger partial charge in [-0.3, -0.25) is 0 Å². The van der Waals surface area contributed by atoms with Gasteiger partial charge in [-0.25, -0.2) is 4.68 Å². The largest absolute Gasteiger partial charge is 0.309 e. The van der Waals surface area contributed by atoms with Crippen molar-refractivity contribution in [2.75, 3.05) is 0 Å². The minimum atomic E-state index is 0.483. The van der Waals surface area contributed by atoms with Crippen LogP contribution in [0.5, 0.6) is 0 Å². The van der Waals surface area contributed by atoms with Crippen molar-refractivity contribution in [1.82, 2.24) is 15.1 Å². The summed E-state index contributed by atoms with van der Waals surface area (Å²) in [5.74, 6) is 0. The van der Waals surface area contributed by atoms with Crippen LogP contribution in [-0.4, -0.2) is 15.8 Å². The molecule has 2 rings (SSSR count). The van der Waals surface area contributed by atoms with Crippen molar-refractivity contribution in [2.45, 2.75) is 26.4 Å². The highest BCUT2D eigenvalue weighted by atomic mass is 127. The van der Waals surface area contributed by atoms with Crippen LogP contribution in [0.2, 0.25) is 0 Å². The SMILES string of the molecule is CC(C)NCc1ccn(-c2ccccc2I)n1. The van der Waals surface area contributed by atoms with Gasteiger partial charge in [0.25, 0.3) is 0 Å². The number of hydrogen-bond donors (Lipinski definition) is 1. The van der Waals surface area contributed by atoms with Gasteiger partial charge >= 0.3 is 0 Å². The molecule has 0 saturated carbocycles. The van der Waals surface area contributed by atoms with Gasteiger partial charge in [0.2, 0.25) is 0 Å². The summed E-state index contributed by atoms with van der Waals surface area (Å²) < 4.78 is 3.13. The molecular weight excluding hydrogens is 325 g/mol. The van der Waals surface area contributed by atoms with Crippen molar-refractivity contribution >= 4 is 22.6 Å². The summed E-state index contributed by atoms with van der Waals surface area (Å²) in [6.07, 6.45) is 2.01. The molecule has 17 heavy (non-hydrogen) atoms. The van der Waals surface area contributed by atoms with Crippen LogP contribution in [0.15, 0.2) is 36.5 Å². The van der Waals surface area contributed by atoms with Crippen LogP contribution < -0.4 is 5.32 Å². The second-order valence-corrected chi connectivity index (χ2v) is 5.40. The fraction of sp³-hybridized carbons (Fsp3) is 0.308. The summed E-state index contributed by atoms with van der Waals surface area (Å²) >= 11 is 2.33. The van der Waals surface area contributed by atoms with Crippen LogP contribution in [0.1, 0.15) is 19.5 Å². The van der Waals surface area contributed by atoms with Crippen molar-refractivity contribution in [3.8, 4) is 5.69 Å². The molecule has 90 valence electrons. The van der Waals surface area contributed by atoms with Crippen LogP contribution >= 0.6 is 22.6 Å². The van der Waals surface area contributed by atoms with Crippen molar-refractivity contribution < 1.29 is 0 Å². The van der Waals surface area contributed by atoms with E-state index in [4.69, 9.17) is 0 Å². The Bertz CT molecular complexity index is 491. The van der Waals surface area contributed by atoms with Gasteiger partial charge in [-0.2, -0.15) is 5.10 Å². The Kier molecular flexibility index (Phi) is 4.17. The van der Waals surface area contributed by atoms with Gasteiger partial charge < -0.3 is 5.32 Å². The number of halogens is 1. The number of para-hydroxylation sites is 1. The molecule has 3 nitrogen and oxygen atoms in total. The molecule has 4 heteroatoms. The number of nitrogens with one attached hydrogen (secondary N) is 1. The second kappa shape index (κ2) is 5.64. The summed E-state index contributed by atoms with van der Waals surface area (Å²) in [7, 11) is 0. The van der Waals surface area contributed by atoms with Gasteiger partial charge in [0.1, 0.15) is 0 Å². The Labute approximate surface area is 115 Å². The standard InChI is InChI=1S/C13H16IN3/c1-10(2)15-9-11-7-8-17(16-11)13-6-4-3-5-12(13)14/h3-8,10,15H,9H2,1-2H3. The molecule has 0 fully saturated rings. The summed E-state index contributed by atoms with van der Waals surface area (Å²) in [5.41, 5.74) is 2.20. The molecule has 0 unspecified atom stereocenters. The molecule has 1 aromatic carbocycles. The quantitative estimate of drug-likeness (QED) is 0.867. The molecule has 0 spiro atoms. The van der Waals surface area contributed by atoms with E-state index in [1.165, 1.54) is 3.57 Å². The Morgan fingerprint density at radius 2 is 2.06 bits per heavy atom. The molecule has 0 saturated heterocycles. The molecule has 1 heterocycles. The highest BCUT2D eigenvalue weighted by Crippen LogP contribution is 2.15. The first-order chi connectivity index (χ1) is 8.16. The molecule has 0 bridgehead atoms. The average Bonchev–Trinajstić information content (AvgIpc) is 2.75. The lowest BCUT2D eigenvalue weighted by molar-refractivity contribution is 0.578. The number of hydrogen-bond acceptors (Lipinski definition) is 2. The maximum atomic E-state index is 4.56. The molecule has 0 atom stereocenters. The predicted octanol–water partition coefficient (Wildman–Crippen LogP) is 2.97. The zero-order chi connectivity index (χ0) is 12.3. The van der Waals surface area contributed by atoms with E-state index in [-0.39, 0.29) is 0 Å². The topological polar surface area (TPSA) is 29.9 Å². The minimum absolute atomic E-state index is 0.483. The highest BCUT2D eigenvalue weighted by Gasteiger charge is 2.04. The van der Waals surface area contributed by atoms with Gasteiger partial charge in [0.15, 0.2) is 0 Å². The smallest absolute Gasteiger partial charge is 0.0779 e. The van der Waals surface area contributed by atoms with Gasteiger partial charge in [-0.1, -0.05) is 26.0 Å². The van der Waals surface area contributed by atoms with E-state index in [0.717, 1.165) is 17.9 Å². The van der Waals surface area contributed by atoms with Crippen LogP contribution in [0.4, 0.5) is 0 Å². The van der Waals surface area contributed by atoms with E-state index in [1.54, 1.807) is 0 Å².